The third kappa shape index (κ3) is 3.75. The number of rotatable bonds is 6. The van der Waals surface area contributed by atoms with E-state index < -0.39 is 0 Å². The van der Waals surface area contributed by atoms with Crippen LogP contribution in [0.15, 0.2) is 12.4 Å². The summed E-state index contributed by atoms with van der Waals surface area (Å²) in [6.07, 6.45) is 4.93. The first-order valence-corrected chi connectivity index (χ1v) is 5.14. The molecule has 5 heteroatoms. The molecule has 1 heterocycles. The second kappa shape index (κ2) is 6.24. The molecule has 0 atom stereocenters. The van der Waals surface area contributed by atoms with Gasteiger partial charge in [0.15, 0.2) is 0 Å². The number of carbonyl (C=O) groups excluding carboxylic acids is 1. The Kier molecular flexibility index (Phi) is 4.90. The second-order valence-electron chi connectivity index (χ2n) is 3.17. The van der Waals surface area contributed by atoms with Gasteiger partial charge in [0.1, 0.15) is 0 Å². The number of hydrogen-bond donors (Lipinski definition) is 2. The van der Waals surface area contributed by atoms with E-state index in [0.717, 1.165) is 24.2 Å². The van der Waals surface area contributed by atoms with Gasteiger partial charge in [0.05, 0.1) is 10.7 Å². The quantitative estimate of drug-likeness (QED) is 0.573. The normalized spacial score (nSPS) is 9.73. The van der Waals surface area contributed by atoms with Crippen LogP contribution in [0.3, 0.4) is 0 Å². The topological polar surface area (TPSA) is 54.0 Å². The van der Waals surface area contributed by atoms with Crippen molar-refractivity contribution >= 4 is 23.7 Å². The SMILES string of the molecule is Cc1cncc(Cl)c1NCCCNC=O. The van der Waals surface area contributed by atoms with Crippen LogP contribution in [0.25, 0.3) is 0 Å². The van der Waals surface area contributed by atoms with Crippen LogP contribution < -0.4 is 10.6 Å². The molecular formula is C10H14ClN3O. The highest BCUT2D eigenvalue weighted by molar-refractivity contribution is 6.33. The third-order valence-corrected chi connectivity index (χ3v) is 2.26. The largest absolute Gasteiger partial charge is 0.383 e. The zero-order valence-corrected chi connectivity index (χ0v) is 9.34. The van der Waals surface area contributed by atoms with Gasteiger partial charge in [-0.25, -0.2) is 0 Å². The van der Waals surface area contributed by atoms with E-state index in [1.54, 1.807) is 12.4 Å². The number of nitrogens with one attached hydrogen (secondary N) is 2. The Morgan fingerprint density at radius 2 is 2.27 bits per heavy atom. The van der Waals surface area contributed by atoms with Gasteiger partial charge in [-0.3, -0.25) is 9.78 Å². The molecule has 1 aromatic rings. The number of hydrogen-bond acceptors (Lipinski definition) is 3. The van der Waals surface area contributed by atoms with Crippen molar-refractivity contribution in [2.24, 2.45) is 0 Å². The van der Waals surface area contributed by atoms with E-state index >= 15 is 0 Å². The first-order valence-electron chi connectivity index (χ1n) is 4.76. The highest BCUT2D eigenvalue weighted by Gasteiger charge is 2.02. The molecule has 0 spiro atoms. The van der Waals surface area contributed by atoms with Gasteiger partial charge in [-0.15, -0.1) is 0 Å². The van der Waals surface area contributed by atoms with Crippen LogP contribution in [0, 0.1) is 6.92 Å². The van der Waals surface area contributed by atoms with Crippen LogP contribution in [-0.2, 0) is 4.79 Å². The van der Waals surface area contributed by atoms with Gasteiger partial charge >= 0.3 is 0 Å². The van der Waals surface area contributed by atoms with Gasteiger partial charge in [0.25, 0.3) is 0 Å². The molecule has 15 heavy (non-hydrogen) atoms. The van der Waals surface area contributed by atoms with Crippen LogP contribution in [0.5, 0.6) is 0 Å². The molecule has 4 nitrogen and oxygen atoms in total. The molecule has 2 N–H and O–H groups in total. The zero-order chi connectivity index (χ0) is 11.1. The molecule has 0 saturated carbocycles. The van der Waals surface area contributed by atoms with Crippen molar-refractivity contribution in [2.45, 2.75) is 13.3 Å². The minimum absolute atomic E-state index is 0.623. The van der Waals surface area contributed by atoms with Crippen LogP contribution in [0.4, 0.5) is 5.69 Å². The molecular weight excluding hydrogens is 214 g/mol. The van der Waals surface area contributed by atoms with Crippen molar-refractivity contribution in [3.8, 4) is 0 Å². The van der Waals surface area contributed by atoms with E-state index in [4.69, 9.17) is 11.6 Å². The molecule has 0 saturated heterocycles. The Bertz CT molecular complexity index is 310. The Labute approximate surface area is 94.0 Å². The summed E-state index contributed by atoms with van der Waals surface area (Å²) in [5.41, 5.74) is 1.93. The molecule has 0 unspecified atom stereocenters. The summed E-state index contributed by atoms with van der Waals surface area (Å²) >= 11 is 5.97. The lowest BCUT2D eigenvalue weighted by Gasteiger charge is -2.10. The Morgan fingerprint density at radius 3 is 2.93 bits per heavy atom. The number of pyridine rings is 1. The fourth-order valence-electron chi connectivity index (χ4n) is 1.22. The number of amides is 1. The van der Waals surface area contributed by atoms with Gasteiger partial charge in [0.2, 0.25) is 6.41 Å². The van der Waals surface area contributed by atoms with Gasteiger partial charge < -0.3 is 10.6 Å². The summed E-state index contributed by atoms with van der Waals surface area (Å²) in [5.74, 6) is 0. The van der Waals surface area contributed by atoms with Crippen molar-refractivity contribution in [1.82, 2.24) is 10.3 Å². The Balaban J connectivity index is 2.40. The predicted octanol–water partition coefficient (Wildman–Crippen LogP) is 1.59. The number of aromatic nitrogens is 1. The molecule has 0 fully saturated rings. The molecule has 82 valence electrons. The molecule has 0 aliphatic carbocycles. The zero-order valence-electron chi connectivity index (χ0n) is 8.59. The van der Waals surface area contributed by atoms with Crippen LogP contribution in [0.2, 0.25) is 5.02 Å². The number of halogens is 1. The maximum absolute atomic E-state index is 9.99. The lowest BCUT2D eigenvalue weighted by atomic mass is 10.2. The monoisotopic (exact) mass is 227 g/mol. The lowest BCUT2D eigenvalue weighted by molar-refractivity contribution is -0.109. The number of nitrogens with zero attached hydrogens (tertiary/aromatic N) is 1. The molecule has 0 radical (unpaired) electrons. The van der Waals surface area contributed by atoms with Gasteiger partial charge in [0, 0.05) is 25.5 Å². The van der Waals surface area contributed by atoms with E-state index in [9.17, 15) is 4.79 Å². The number of carbonyl (C=O) groups is 1. The first kappa shape index (κ1) is 11.8. The van der Waals surface area contributed by atoms with E-state index in [2.05, 4.69) is 15.6 Å². The van der Waals surface area contributed by atoms with Crippen LogP contribution in [-0.4, -0.2) is 24.5 Å². The fourth-order valence-corrected chi connectivity index (χ4v) is 1.49. The summed E-state index contributed by atoms with van der Waals surface area (Å²) in [7, 11) is 0. The van der Waals surface area contributed by atoms with E-state index in [1.807, 2.05) is 6.92 Å². The van der Waals surface area contributed by atoms with Crippen molar-refractivity contribution in [3.05, 3.63) is 23.0 Å². The minimum Gasteiger partial charge on any atom is -0.383 e. The predicted molar refractivity (Wildman–Crippen MR) is 61.2 cm³/mol. The van der Waals surface area contributed by atoms with E-state index in [-0.39, 0.29) is 0 Å². The molecule has 0 aliphatic rings. The van der Waals surface area contributed by atoms with E-state index in [1.165, 1.54) is 0 Å². The lowest BCUT2D eigenvalue weighted by Crippen LogP contribution is -2.16. The summed E-state index contributed by atoms with van der Waals surface area (Å²) in [6.45, 7) is 3.38. The summed E-state index contributed by atoms with van der Waals surface area (Å²) in [6, 6.07) is 0. The average molecular weight is 228 g/mol. The van der Waals surface area contributed by atoms with Crippen molar-refractivity contribution in [2.75, 3.05) is 18.4 Å². The molecule has 1 amide bonds. The fraction of sp³-hybridized carbons (Fsp3) is 0.400. The number of anilines is 1. The van der Waals surface area contributed by atoms with E-state index in [0.29, 0.717) is 18.0 Å². The van der Waals surface area contributed by atoms with Gasteiger partial charge in [-0.05, 0) is 18.9 Å². The van der Waals surface area contributed by atoms with Crippen LogP contribution in [0.1, 0.15) is 12.0 Å². The summed E-state index contributed by atoms with van der Waals surface area (Å²) in [4.78, 5) is 14.0. The molecule has 0 aromatic carbocycles. The first-order chi connectivity index (χ1) is 7.25. The minimum atomic E-state index is 0.623. The van der Waals surface area contributed by atoms with Gasteiger partial charge in [-0.2, -0.15) is 0 Å². The highest BCUT2D eigenvalue weighted by atomic mass is 35.5. The maximum atomic E-state index is 9.99. The molecule has 1 rings (SSSR count). The standard InChI is InChI=1S/C10H14ClN3O/c1-8-5-13-6-9(11)10(8)14-4-2-3-12-7-15/h5-7H,2-4H2,1H3,(H,12,15)(H,13,14). The molecule has 0 bridgehead atoms. The third-order valence-electron chi connectivity index (χ3n) is 1.97. The molecule has 0 aliphatic heterocycles. The second-order valence-corrected chi connectivity index (χ2v) is 3.57. The summed E-state index contributed by atoms with van der Waals surface area (Å²) < 4.78 is 0. The Morgan fingerprint density at radius 1 is 1.47 bits per heavy atom. The van der Waals surface area contributed by atoms with Gasteiger partial charge in [-0.1, -0.05) is 11.6 Å². The average Bonchev–Trinajstić information content (AvgIpc) is 2.21. The molecule has 1 aromatic heterocycles. The number of aryl methyl sites for hydroxylation is 1. The van der Waals surface area contributed by atoms with Crippen LogP contribution >= 0.6 is 11.6 Å². The Hall–Kier alpha value is -1.29. The maximum Gasteiger partial charge on any atom is 0.207 e. The summed E-state index contributed by atoms with van der Waals surface area (Å²) in [5, 5.41) is 6.43. The smallest absolute Gasteiger partial charge is 0.207 e. The highest BCUT2D eigenvalue weighted by Crippen LogP contribution is 2.23. The van der Waals surface area contributed by atoms with Crippen molar-refractivity contribution < 1.29 is 4.79 Å². The van der Waals surface area contributed by atoms with Crippen molar-refractivity contribution in [1.29, 1.82) is 0 Å². The van der Waals surface area contributed by atoms with Crippen molar-refractivity contribution in [3.63, 3.8) is 0 Å².